The van der Waals surface area contributed by atoms with Gasteiger partial charge < -0.3 is 9.80 Å². The second-order valence-corrected chi connectivity index (χ2v) is 6.87. The zero-order valence-electron chi connectivity index (χ0n) is 14.7. The van der Waals surface area contributed by atoms with Gasteiger partial charge in [-0.3, -0.25) is 4.79 Å². The van der Waals surface area contributed by atoms with Crippen molar-refractivity contribution in [2.45, 2.75) is 0 Å². The average Bonchev–Trinajstić information content (AvgIpc) is 3.45. The minimum Gasteiger partial charge on any atom is -0.352 e. The smallest absolute Gasteiger partial charge is 0.254 e. The lowest BCUT2D eigenvalue weighted by Gasteiger charge is -2.35. The molecule has 28 heavy (non-hydrogen) atoms. The molecule has 5 rings (SSSR count). The number of hydrogen-bond donors (Lipinski definition) is 0. The fourth-order valence-electron chi connectivity index (χ4n) is 3.17. The fourth-order valence-corrected chi connectivity index (χ4v) is 3.69. The van der Waals surface area contributed by atoms with Crippen LogP contribution in [0.1, 0.15) is 10.4 Å². The van der Waals surface area contributed by atoms with Gasteiger partial charge in [-0.1, -0.05) is 0 Å². The molecular weight excluding hydrogens is 378 g/mol. The molecular formula is C17H15N9OS. The minimum absolute atomic E-state index is 0.0159. The molecule has 0 bridgehead atoms. The van der Waals surface area contributed by atoms with Gasteiger partial charge in [0.25, 0.3) is 5.91 Å². The van der Waals surface area contributed by atoms with Crippen LogP contribution < -0.4 is 4.90 Å². The summed E-state index contributed by atoms with van der Waals surface area (Å²) in [7, 11) is 0. The normalized spacial score (nSPS) is 14.6. The number of carbonyl (C=O) groups is 1. The first-order chi connectivity index (χ1) is 13.8. The van der Waals surface area contributed by atoms with E-state index in [4.69, 9.17) is 0 Å². The summed E-state index contributed by atoms with van der Waals surface area (Å²) in [6.45, 7) is 2.64. The van der Waals surface area contributed by atoms with Crippen LogP contribution in [-0.4, -0.2) is 70.7 Å². The molecule has 0 radical (unpaired) electrons. The summed E-state index contributed by atoms with van der Waals surface area (Å²) in [6, 6.07) is 9.22. The van der Waals surface area contributed by atoms with E-state index in [1.54, 1.807) is 11.0 Å². The molecule has 4 heterocycles. The molecule has 11 heteroatoms. The van der Waals surface area contributed by atoms with E-state index >= 15 is 0 Å². The van der Waals surface area contributed by atoms with Crippen molar-refractivity contribution in [1.29, 1.82) is 0 Å². The second-order valence-electron chi connectivity index (χ2n) is 6.34. The standard InChI is InChI=1S/C17H15N9OS/c27-17(12-1-2-13-14(9-12)23-28-22-13)25-7-5-24(6-8-25)15-3-4-16(21-20-15)26-11-18-10-19-26/h1-4,9-11H,5-8H2. The van der Waals surface area contributed by atoms with Gasteiger partial charge in [-0.05, 0) is 30.3 Å². The Bertz CT molecular complexity index is 1100. The molecule has 3 aromatic heterocycles. The summed E-state index contributed by atoms with van der Waals surface area (Å²) in [5, 5.41) is 12.5. The number of carbonyl (C=O) groups excluding carboxylic acids is 1. The molecule has 0 spiro atoms. The maximum atomic E-state index is 12.8. The molecule has 0 saturated carbocycles. The van der Waals surface area contributed by atoms with Crippen molar-refractivity contribution in [3.8, 4) is 5.82 Å². The van der Waals surface area contributed by atoms with Crippen LogP contribution in [0.2, 0.25) is 0 Å². The van der Waals surface area contributed by atoms with E-state index in [1.807, 2.05) is 35.2 Å². The highest BCUT2D eigenvalue weighted by Gasteiger charge is 2.23. The molecule has 140 valence electrons. The van der Waals surface area contributed by atoms with Crippen LogP contribution in [0, 0.1) is 0 Å². The van der Waals surface area contributed by atoms with Crippen molar-refractivity contribution < 1.29 is 4.79 Å². The molecule has 1 amide bonds. The van der Waals surface area contributed by atoms with E-state index in [9.17, 15) is 4.79 Å². The van der Waals surface area contributed by atoms with Crippen LogP contribution in [0.25, 0.3) is 16.9 Å². The number of nitrogens with zero attached hydrogens (tertiary/aromatic N) is 9. The van der Waals surface area contributed by atoms with Crippen molar-refractivity contribution in [2.75, 3.05) is 31.1 Å². The summed E-state index contributed by atoms with van der Waals surface area (Å²) in [4.78, 5) is 20.7. The molecule has 1 saturated heterocycles. The van der Waals surface area contributed by atoms with Crippen LogP contribution in [0.3, 0.4) is 0 Å². The van der Waals surface area contributed by atoms with Crippen LogP contribution in [0.4, 0.5) is 5.82 Å². The summed E-state index contributed by atoms with van der Waals surface area (Å²) in [5.41, 5.74) is 2.22. The molecule has 1 fully saturated rings. The van der Waals surface area contributed by atoms with E-state index in [1.165, 1.54) is 6.33 Å². The van der Waals surface area contributed by atoms with Crippen LogP contribution >= 0.6 is 11.7 Å². The molecule has 1 aromatic carbocycles. The average molecular weight is 393 g/mol. The van der Waals surface area contributed by atoms with Crippen molar-refractivity contribution in [3.05, 3.63) is 48.5 Å². The number of anilines is 1. The van der Waals surface area contributed by atoms with Gasteiger partial charge in [-0.15, -0.1) is 10.2 Å². The fraction of sp³-hybridized carbons (Fsp3) is 0.235. The second kappa shape index (κ2) is 6.93. The van der Waals surface area contributed by atoms with Crippen molar-refractivity contribution in [3.63, 3.8) is 0 Å². The molecule has 0 N–H and O–H groups in total. The number of amides is 1. The number of piperazine rings is 1. The number of hydrogen-bond acceptors (Lipinski definition) is 9. The molecule has 0 aliphatic carbocycles. The lowest BCUT2D eigenvalue weighted by molar-refractivity contribution is 0.0746. The van der Waals surface area contributed by atoms with Gasteiger partial charge in [0.1, 0.15) is 23.7 Å². The minimum atomic E-state index is 0.0159. The van der Waals surface area contributed by atoms with Crippen LogP contribution in [0.15, 0.2) is 43.0 Å². The first-order valence-corrected chi connectivity index (χ1v) is 9.46. The van der Waals surface area contributed by atoms with E-state index in [-0.39, 0.29) is 5.91 Å². The predicted molar refractivity (Wildman–Crippen MR) is 102 cm³/mol. The van der Waals surface area contributed by atoms with Crippen molar-refractivity contribution >= 4 is 34.5 Å². The van der Waals surface area contributed by atoms with Gasteiger partial charge >= 0.3 is 0 Å². The van der Waals surface area contributed by atoms with Gasteiger partial charge in [0.05, 0.1) is 11.7 Å². The monoisotopic (exact) mass is 393 g/mol. The van der Waals surface area contributed by atoms with Crippen molar-refractivity contribution in [2.24, 2.45) is 0 Å². The number of benzene rings is 1. The van der Waals surface area contributed by atoms with Crippen LogP contribution in [-0.2, 0) is 0 Å². The van der Waals surface area contributed by atoms with Gasteiger partial charge in [0, 0.05) is 31.7 Å². The molecule has 10 nitrogen and oxygen atoms in total. The summed E-state index contributed by atoms with van der Waals surface area (Å²) >= 11 is 1.15. The highest BCUT2D eigenvalue weighted by molar-refractivity contribution is 7.00. The Morgan fingerprint density at radius 3 is 2.46 bits per heavy atom. The first kappa shape index (κ1) is 16.7. The Hall–Kier alpha value is -3.47. The van der Waals surface area contributed by atoms with Gasteiger partial charge in [-0.25, -0.2) is 9.67 Å². The molecule has 0 unspecified atom stereocenters. The SMILES string of the molecule is O=C(c1ccc2nsnc2c1)N1CCN(c2ccc(-n3cncn3)nn2)CC1. The number of fused-ring (bicyclic) bond motifs is 1. The molecule has 1 aliphatic rings. The molecule has 4 aromatic rings. The lowest BCUT2D eigenvalue weighted by atomic mass is 10.1. The van der Waals surface area contributed by atoms with Gasteiger partial charge in [0.15, 0.2) is 11.6 Å². The largest absolute Gasteiger partial charge is 0.352 e. The predicted octanol–water partition coefficient (Wildman–Crippen LogP) is 1.02. The number of aromatic nitrogens is 7. The van der Waals surface area contributed by atoms with E-state index in [2.05, 4.69) is 33.9 Å². The molecule has 0 atom stereocenters. The third-order valence-corrected chi connectivity index (χ3v) is 5.24. The highest BCUT2D eigenvalue weighted by Crippen LogP contribution is 2.18. The van der Waals surface area contributed by atoms with Crippen molar-refractivity contribution in [1.82, 2.24) is 38.6 Å². The third-order valence-electron chi connectivity index (χ3n) is 4.68. The van der Waals surface area contributed by atoms with E-state index in [0.717, 1.165) is 28.6 Å². The highest BCUT2D eigenvalue weighted by atomic mass is 32.1. The zero-order valence-corrected chi connectivity index (χ0v) is 15.5. The Labute approximate surface area is 163 Å². The van der Waals surface area contributed by atoms with E-state index < -0.39 is 0 Å². The Morgan fingerprint density at radius 1 is 0.929 bits per heavy atom. The lowest BCUT2D eigenvalue weighted by Crippen LogP contribution is -2.49. The van der Waals surface area contributed by atoms with Gasteiger partial charge in [0.2, 0.25) is 0 Å². The Kier molecular flexibility index (Phi) is 4.13. The van der Waals surface area contributed by atoms with E-state index in [0.29, 0.717) is 37.6 Å². The molecule has 1 aliphatic heterocycles. The zero-order chi connectivity index (χ0) is 18.9. The summed E-state index contributed by atoms with van der Waals surface area (Å²) < 4.78 is 9.94. The third kappa shape index (κ3) is 3.05. The summed E-state index contributed by atoms with van der Waals surface area (Å²) in [6.07, 6.45) is 3.03. The topological polar surface area (TPSA) is 106 Å². The maximum Gasteiger partial charge on any atom is 0.254 e. The van der Waals surface area contributed by atoms with Gasteiger partial charge in [-0.2, -0.15) is 13.8 Å². The number of rotatable bonds is 3. The Balaban J connectivity index is 1.25. The van der Waals surface area contributed by atoms with Crippen LogP contribution in [0.5, 0.6) is 0 Å². The maximum absolute atomic E-state index is 12.8. The Morgan fingerprint density at radius 2 is 1.71 bits per heavy atom. The first-order valence-electron chi connectivity index (χ1n) is 8.73. The quantitative estimate of drug-likeness (QED) is 0.508. The summed E-state index contributed by atoms with van der Waals surface area (Å²) in [5.74, 6) is 1.41.